The van der Waals surface area contributed by atoms with Crippen molar-refractivity contribution in [2.24, 2.45) is 0 Å². The zero-order chi connectivity index (χ0) is 13.8. The van der Waals surface area contributed by atoms with Crippen LogP contribution in [0.15, 0.2) is 16.7 Å². The number of hydrogen-bond acceptors (Lipinski definition) is 4. The number of aryl methyl sites for hydroxylation is 1. The van der Waals surface area contributed by atoms with Gasteiger partial charge in [-0.1, -0.05) is 0 Å². The van der Waals surface area contributed by atoms with Crippen LogP contribution in [-0.2, 0) is 14.8 Å². The first-order chi connectivity index (χ1) is 8.30. The molecule has 0 spiro atoms. The van der Waals surface area contributed by atoms with E-state index < -0.39 is 16.0 Å². The fourth-order valence-corrected chi connectivity index (χ4v) is 2.85. The van der Waals surface area contributed by atoms with E-state index in [9.17, 15) is 13.2 Å². The van der Waals surface area contributed by atoms with Gasteiger partial charge in [0.05, 0.1) is 17.1 Å². The second-order valence-corrected chi connectivity index (χ2v) is 6.34. The molecule has 0 bridgehead atoms. The first-order valence-corrected chi connectivity index (χ1v) is 7.60. The Kier molecular flexibility index (Phi) is 5.09. The van der Waals surface area contributed by atoms with Gasteiger partial charge >= 0.3 is 5.97 Å². The molecule has 0 atom stereocenters. The molecule has 0 saturated heterocycles. The number of aromatic nitrogens is 1. The van der Waals surface area contributed by atoms with Crippen LogP contribution >= 0.6 is 15.9 Å². The number of pyridine rings is 1. The van der Waals surface area contributed by atoms with Gasteiger partial charge in [-0.2, -0.15) is 0 Å². The molecule has 6 nitrogen and oxygen atoms in total. The van der Waals surface area contributed by atoms with Gasteiger partial charge in [0, 0.05) is 6.42 Å². The van der Waals surface area contributed by atoms with Gasteiger partial charge < -0.3 is 5.11 Å². The van der Waals surface area contributed by atoms with Crippen molar-refractivity contribution in [1.82, 2.24) is 4.98 Å². The number of hydrogen-bond donors (Lipinski definition) is 2. The van der Waals surface area contributed by atoms with Crippen LogP contribution in [0.4, 0.5) is 5.69 Å². The minimum absolute atomic E-state index is 0.0771. The Hall–Kier alpha value is -1.15. The third-order valence-corrected chi connectivity index (χ3v) is 3.92. The number of carboxylic acids is 1. The van der Waals surface area contributed by atoms with Gasteiger partial charge in [-0.25, -0.2) is 13.4 Å². The lowest BCUT2D eigenvalue weighted by Crippen LogP contribution is -2.18. The first kappa shape index (κ1) is 14.9. The summed E-state index contributed by atoms with van der Waals surface area (Å²) >= 11 is 3.18. The van der Waals surface area contributed by atoms with Crippen molar-refractivity contribution in [3.05, 3.63) is 22.4 Å². The molecule has 2 N–H and O–H groups in total. The van der Waals surface area contributed by atoms with Crippen molar-refractivity contribution >= 4 is 37.6 Å². The van der Waals surface area contributed by atoms with E-state index in [0.717, 1.165) is 0 Å². The second kappa shape index (κ2) is 6.14. The third-order valence-electron chi connectivity index (χ3n) is 2.12. The zero-order valence-corrected chi connectivity index (χ0v) is 12.1. The van der Waals surface area contributed by atoms with Crippen LogP contribution in [-0.4, -0.2) is 30.2 Å². The van der Waals surface area contributed by atoms with Crippen LogP contribution in [0.3, 0.4) is 0 Å². The summed E-state index contributed by atoms with van der Waals surface area (Å²) in [5, 5.41) is 8.44. The lowest BCUT2D eigenvalue weighted by molar-refractivity contribution is -0.137. The van der Waals surface area contributed by atoms with E-state index in [1.54, 1.807) is 19.1 Å². The van der Waals surface area contributed by atoms with E-state index in [1.807, 2.05) is 0 Å². The number of nitrogens with one attached hydrogen (secondary N) is 1. The van der Waals surface area contributed by atoms with Crippen LogP contribution in [0.1, 0.15) is 18.5 Å². The number of sulfonamides is 1. The summed E-state index contributed by atoms with van der Waals surface area (Å²) in [5.41, 5.74) is 0.944. The standard InChI is InChI=1S/C10H13BrN2O4S/c1-7-8(4-5-9(11)12-7)13-18(16,17)6-2-3-10(14)15/h4-5,13H,2-3,6H2,1H3,(H,14,15). The Morgan fingerprint density at radius 2 is 2.17 bits per heavy atom. The highest BCUT2D eigenvalue weighted by Crippen LogP contribution is 2.17. The average molecular weight is 337 g/mol. The van der Waals surface area contributed by atoms with Gasteiger partial charge in [-0.15, -0.1) is 0 Å². The van der Waals surface area contributed by atoms with E-state index in [0.29, 0.717) is 16.0 Å². The monoisotopic (exact) mass is 336 g/mol. The van der Waals surface area contributed by atoms with Gasteiger partial charge in [0.2, 0.25) is 10.0 Å². The van der Waals surface area contributed by atoms with E-state index in [4.69, 9.17) is 5.11 Å². The summed E-state index contributed by atoms with van der Waals surface area (Å²) in [7, 11) is -3.53. The lowest BCUT2D eigenvalue weighted by Gasteiger charge is -2.09. The number of nitrogens with zero attached hydrogens (tertiary/aromatic N) is 1. The molecule has 0 radical (unpaired) electrons. The average Bonchev–Trinajstić information content (AvgIpc) is 2.21. The Balaban J connectivity index is 2.67. The molecule has 18 heavy (non-hydrogen) atoms. The maximum atomic E-state index is 11.7. The summed E-state index contributed by atoms with van der Waals surface area (Å²) in [4.78, 5) is 14.4. The fraction of sp³-hybridized carbons (Fsp3) is 0.400. The third kappa shape index (κ3) is 5.01. The van der Waals surface area contributed by atoms with E-state index in [1.165, 1.54) is 0 Å². The van der Waals surface area contributed by atoms with Crippen molar-refractivity contribution in [3.8, 4) is 0 Å². The SMILES string of the molecule is Cc1nc(Br)ccc1NS(=O)(=O)CCCC(=O)O. The van der Waals surface area contributed by atoms with Crippen LogP contribution < -0.4 is 4.72 Å². The minimum Gasteiger partial charge on any atom is -0.481 e. The summed E-state index contributed by atoms with van der Waals surface area (Å²) in [6, 6.07) is 3.23. The quantitative estimate of drug-likeness (QED) is 0.771. The summed E-state index contributed by atoms with van der Waals surface area (Å²) in [6.45, 7) is 1.68. The summed E-state index contributed by atoms with van der Waals surface area (Å²) < 4.78 is 26.4. The lowest BCUT2D eigenvalue weighted by atomic mass is 10.3. The Morgan fingerprint density at radius 1 is 1.50 bits per heavy atom. The molecule has 1 heterocycles. The predicted molar refractivity (Wildman–Crippen MR) is 71.0 cm³/mol. The van der Waals surface area contributed by atoms with Gasteiger partial charge in [0.25, 0.3) is 0 Å². The molecule has 0 unspecified atom stereocenters. The molecule has 0 amide bonds. The fourth-order valence-electron chi connectivity index (χ4n) is 1.27. The summed E-state index contributed by atoms with van der Waals surface area (Å²) in [5.74, 6) is -1.24. The number of halogens is 1. The first-order valence-electron chi connectivity index (χ1n) is 5.15. The maximum Gasteiger partial charge on any atom is 0.303 e. The number of anilines is 1. The molecule has 0 aliphatic heterocycles. The van der Waals surface area contributed by atoms with E-state index in [-0.39, 0.29) is 18.6 Å². The molecule has 0 aliphatic rings. The van der Waals surface area contributed by atoms with Crippen LogP contribution in [0, 0.1) is 6.92 Å². The highest BCUT2D eigenvalue weighted by atomic mass is 79.9. The smallest absolute Gasteiger partial charge is 0.303 e. The number of rotatable bonds is 6. The van der Waals surface area contributed by atoms with Gasteiger partial charge in [-0.3, -0.25) is 9.52 Å². The predicted octanol–water partition coefficient (Wildman–Crippen LogP) is 1.76. The van der Waals surface area contributed by atoms with Gasteiger partial charge in [0.1, 0.15) is 4.60 Å². The topological polar surface area (TPSA) is 96.4 Å². The van der Waals surface area contributed by atoms with Crippen molar-refractivity contribution < 1.29 is 18.3 Å². The Labute approximate surface area is 114 Å². The Bertz CT molecular complexity index is 545. The van der Waals surface area contributed by atoms with Crippen molar-refractivity contribution in [2.75, 3.05) is 10.5 Å². The van der Waals surface area contributed by atoms with Crippen molar-refractivity contribution in [2.45, 2.75) is 19.8 Å². The molecule has 1 aromatic rings. The van der Waals surface area contributed by atoms with Crippen molar-refractivity contribution in [3.63, 3.8) is 0 Å². The van der Waals surface area contributed by atoms with Crippen molar-refractivity contribution in [1.29, 1.82) is 0 Å². The van der Waals surface area contributed by atoms with Gasteiger partial charge in [0.15, 0.2) is 0 Å². The highest BCUT2D eigenvalue weighted by Gasteiger charge is 2.13. The maximum absolute atomic E-state index is 11.7. The van der Waals surface area contributed by atoms with E-state index >= 15 is 0 Å². The van der Waals surface area contributed by atoms with Gasteiger partial charge in [-0.05, 0) is 41.4 Å². The normalized spacial score (nSPS) is 11.2. The molecule has 100 valence electrons. The summed E-state index contributed by atoms with van der Waals surface area (Å²) in [6.07, 6.45) is -0.0911. The molecular formula is C10H13BrN2O4S. The van der Waals surface area contributed by atoms with Crippen LogP contribution in [0.2, 0.25) is 0 Å². The molecule has 0 saturated carbocycles. The molecular weight excluding hydrogens is 324 g/mol. The number of aliphatic carboxylic acids is 1. The number of carboxylic acid groups (broad SMARTS) is 1. The molecule has 0 fully saturated rings. The molecule has 1 rings (SSSR count). The molecule has 0 aliphatic carbocycles. The molecule has 0 aromatic carbocycles. The molecule has 8 heteroatoms. The molecule has 1 aromatic heterocycles. The largest absolute Gasteiger partial charge is 0.481 e. The number of carbonyl (C=O) groups is 1. The van der Waals surface area contributed by atoms with E-state index in [2.05, 4.69) is 25.6 Å². The zero-order valence-electron chi connectivity index (χ0n) is 9.68. The van der Waals surface area contributed by atoms with Crippen LogP contribution in [0.25, 0.3) is 0 Å². The minimum atomic E-state index is -3.53. The Morgan fingerprint density at radius 3 is 2.72 bits per heavy atom. The van der Waals surface area contributed by atoms with Crippen LogP contribution in [0.5, 0.6) is 0 Å². The second-order valence-electron chi connectivity index (χ2n) is 3.69. The highest BCUT2D eigenvalue weighted by molar-refractivity contribution is 9.10.